The summed E-state index contributed by atoms with van der Waals surface area (Å²) in [5.74, 6) is 1.44. The van der Waals surface area contributed by atoms with Crippen molar-refractivity contribution in [3.63, 3.8) is 0 Å². The van der Waals surface area contributed by atoms with Crippen molar-refractivity contribution >= 4 is 17.3 Å². The number of halogens is 1. The Morgan fingerprint density at radius 1 is 1.39 bits per heavy atom. The number of aromatic nitrogens is 4. The number of tetrazole rings is 1. The number of hydrogen-bond acceptors (Lipinski definition) is 4. The SMILES string of the molecule is CC1CC(n2nnnc2-c2cccc(N)c2Cl)C1. The van der Waals surface area contributed by atoms with Gasteiger partial charge in [-0.05, 0) is 41.3 Å². The summed E-state index contributed by atoms with van der Waals surface area (Å²) < 4.78 is 1.86. The molecule has 1 heterocycles. The van der Waals surface area contributed by atoms with Gasteiger partial charge < -0.3 is 5.73 Å². The Morgan fingerprint density at radius 2 is 2.17 bits per heavy atom. The first-order valence-corrected chi connectivity index (χ1v) is 6.37. The summed E-state index contributed by atoms with van der Waals surface area (Å²) in [6, 6.07) is 5.90. The van der Waals surface area contributed by atoms with Crippen LogP contribution in [0.25, 0.3) is 11.4 Å². The summed E-state index contributed by atoms with van der Waals surface area (Å²) in [6.07, 6.45) is 2.22. The van der Waals surface area contributed by atoms with Gasteiger partial charge in [0.15, 0.2) is 5.82 Å². The summed E-state index contributed by atoms with van der Waals surface area (Å²) in [5.41, 5.74) is 7.15. The lowest BCUT2D eigenvalue weighted by molar-refractivity contribution is 0.199. The van der Waals surface area contributed by atoms with Crippen molar-refractivity contribution in [2.45, 2.75) is 25.8 Å². The van der Waals surface area contributed by atoms with E-state index < -0.39 is 0 Å². The van der Waals surface area contributed by atoms with Crippen LogP contribution in [0.4, 0.5) is 5.69 Å². The van der Waals surface area contributed by atoms with Gasteiger partial charge in [-0.1, -0.05) is 24.6 Å². The molecule has 0 bridgehead atoms. The average Bonchev–Trinajstić information content (AvgIpc) is 2.77. The molecular formula is C12H14ClN5. The lowest BCUT2D eigenvalue weighted by Gasteiger charge is -2.32. The van der Waals surface area contributed by atoms with Gasteiger partial charge in [-0.25, -0.2) is 4.68 Å². The molecule has 0 spiro atoms. The van der Waals surface area contributed by atoms with Crippen molar-refractivity contribution in [3.05, 3.63) is 23.2 Å². The van der Waals surface area contributed by atoms with E-state index in [0.717, 1.165) is 24.3 Å². The minimum Gasteiger partial charge on any atom is -0.398 e. The molecule has 94 valence electrons. The third-order valence-corrected chi connectivity index (χ3v) is 3.88. The number of hydrogen-bond donors (Lipinski definition) is 1. The second kappa shape index (κ2) is 4.24. The number of anilines is 1. The number of nitrogens with two attached hydrogens (primary N) is 1. The maximum atomic E-state index is 6.22. The number of benzene rings is 1. The predicted molar refractivity (Wildman–Crippen MR) is 70.1 cm³/mol. The van der Waals surface area contributed by atoms with E-state index >= 15 is 0 Å². The second-order valence-electron chi connectivity index (χ2n) is 4.89. The van der Waals surface area contributed by atoms with Gasteiger partial charge in [0.1, 0.15) is 0 Å². The van der Waals surface area contributed by atoms with Crippen molar-refractivity contribution in [1.29, 1.82) is 0 Å². The molecule has 18 heavy (non-hydrogen) atoms. The molecule has 6 heteroatoms. The van der Waals surface area contributed by atoms with Crippen molar-refractivity contribution < 1.29 is 0 Å². The molecule has 1 aromatic carbocycles. The predicted octanol–water partition coefficient (Wildman–Crippen LogP) is 2.55. The van der Waals surface area contributed by atoms with E-state index in [1.54, 1.807) is 6.07 Å². The van der Waals surface area contributed by atoms with Crippen LogP contribution in [0.5, 0.6) is 0 Å². The molecule has 2 N–H and O–H groups in total. The van der Waals surface area contributed by atoms with Gasteiger partial charge in [0, 0.05) is 5.56 Å². The number of nitrogens with zero attached hydrogens (tertiary/aromatic N) is 4. The van der Waals surface area contributed by atoms with Crippen LogP contribution in [-0.4, -0.2) is 20.2 Å². The van der Waals surface area contributed by atoms with E-state index in [1.807, 2.05) is 16.8 Å². The minimum absolute atomic E-state index is 0.377. The van der Waals surface area contributed by atoms with Crippen molar-refractivity contribution in [1.82, 2.24) is 20.2 Å². The third kappa shape index (κ3) is 1.75. The molecule has 0 unspecified atom stereocenters. The molecule has 1 aliphatic carbocycles. The molecular weight excluding hydrogens is 250 g/mol. The van der Waals surface area contributed by atoms with E-state index in [4.69, 9.17) is 17.3 Å². The highest BCUT2D eigenvalue weighted by molar-refractivity contribution is 6.35. The van der Waals surface area contributed by atoms with Crippen LogP contribution in [0.15, 0.2) is 18.2 Å². The minimum atomic E-state index is 0.377. The van der Waals surface area contributed by atoms with Crippen LogP contribution < -0.4 is 5.73 Å². The topological polar surface area (TPSA) is 69.6 Å². The van der Waals surface area contributed by atoms with Gasteiger partial charge >= 0.3 is 0 Å². The highest BCUT2D eigenvalue weighted by Crippen LogP contribution is 2.39. The third-order valence-electron chi connectivity index (χ3n) is 3.46. The van der Waals surface area contributed by atoms with E-state index in [9.17, 15) is 0 Å². The summed E-state index contributed by atoms with van der Waals surface area (Å²) in [4.78, 5) is 0. The zero-order chi connectivity index (χ0) is 12.7. The Labute approximate surface area is 110 Å². The first-order chi connectivity index (χ1) is 8.66. The van der Waals surface area contributed by atoms with E-state index in [2.05, 4.69) is 22.4 Å². The normalized spacial score (nSPS) is 22.8. The lowest BCUT2D eigenvalue weighted by atomic mass is 9.82. The molecule has 1 fully saturated rings. The summed E-state index contributed by atoms with van der Waals surface area (Å²) in [5, 5.41) is 12.4. The van der Waals surface area contributed by atoms with Crippen LogP contribution in [0.1, 0.15) is 25.8 Å². The number of nitrogen functional groups attached to an aromatic ring is 1. The van der Waals surface area contributed by atoms with Gasteiger partial charge in [-0.3, -0.25) is 0 Å². The monoisotopic (exact) mass is 263 g/mol. The van der Waals surface area contributed by atoms with Crippen LogP contribution in [0, 0.1) is 5.92 Å². The van der Waals surface area contributed by atoms with Crippen LogP contribution in [-0.2, 0) is 0 Å². The fraction of sp³-hybridized carbons (Fsp3) is 0.417. The van der Waals surface area contributed by atoms with Gasteiger partial charge in [0.25, 0.3) is 0 Å². The average molecular weight is 264 g/mol. The lowest BCUT2D eigenvalue weighted by Crippen LogP contribution is -2.26. The van der Waals surface area contributed by atoms with E-state index in [0.29, 0.717) is 22.6 Å². The van der Waals surface area contributed by atoms with Crippen molar-refractivity contribution in [2.24, 2.45) is 5.92 Å². The Morgan fingerprint density at radius 3 is 2.89 bits per heavy atom. The first-order valence-electron chi connectivity index (χ1n) is 5.99. The van der Waals surface area contributed by atoms with Crippen molar-refractivity contribution in [3.8, 4) is 11.4 Å². The quantitative estimate of drug-likeness (QED) is 0.846. The Hall–Kier alpha value is -1.62. The first kappa shape index (κ1) is 11.5. The van der Waals surface area contributed by atoms with Gasteiger partial charge in [0.2, 0.25) is 0 Å². The van der Waals surface area contributed by atoms with Crippen LogP contribution >= 0.6 is 11.6 Å². The highest BCUT2D eigenvalue weighted by atomic mass is 35.5. The number of rotatable bonds is 2. The highest BCUT2D eigenvalue weighted by Gasteiger charge is 2.30. The molecule has 1 aliphatic rings. The molecule has 0 atom stereocenters. The van der Waals surface area contributed by atoms with Crippen LogP contribution in [0.3, 0.4) is 0 Å². The standard InChI is InChI=1S/C12H14ClN5/c1-7-5-8(6-7)18-12(15-16-17-18)9-3-2-4-10(14)11(9)13/h2-4,7-8H,5-6,14H2,1H3. The molecule has 3 rings (SSSR count). The fourth-order valence-electron chi connectivity index (χ4n) is 2.40. The Bertz CT molecular complexity index is 574. The summed E-state index contributed by atoms with van der Waals surface area (Å²) >= 11 is 6.22. The maximum Gasteiger partial charge on any atom is 0.183 e. The molecule has 2 aromatic rings. The van der Waals surface area contributed by atoms with Gasteiger partial charge in [0.05, 0.1) is 16.8 Å². The second-order valence-corrected chi connectivity index (χ2v) is 5.26. The molecule has 0 aliphatic heterocycles. The Kier molecular flexibility index (Phi) is 2.70. The molecule has 0 amide bonds. The largest absolute Gasteiger partial charge is 0.398 e. The van der Waals surface area contributed by atoms with Gasteiger partial charge in [-0.15, -0.1) is 5.10 Å². The van der Waals surface area contributed by atoms with Gasteiger partial charge in [-0.2, -0.15) is 0 Å². The zero-order valence-electron chi connectivity index (χ0n) is 10.0. The summed E-state index contributed by atoms with van der Waals surface area (Å²) in [7, 11) is 0. The molecule has 0 radical (unpaired) electrons. The molecule has 1 saturated carbocycles. The zero-order valence-corrected chi connectivity index (χ0v) is 10.8. The van der Waals surface area contributed by atoms with E-state index in [1.165, 1.54) is 0 Å². The van der Waals surface area contributed by atoms with E-state index in [-0.39, 0.29) is 0 Å². The molecule has 0 saturated heterocycles. The van der Waals surface area contributed by atoms with Crippen LogP contribution in [0.2, 0.25) is 5.02 Å². The Balaban J connectivity index is 2.02. The maximum absolute atomic E-state index is 6.22. The smallest absolute Gasteiger partial charge is 0.183 e. The fourth-order valence-corrected chi connectivity index (χ4v) is 2.61. The summed E-state index contributed by atoms with van der Waals surface area (Å²) in [6.45, 7) is 2.23. The molecule has 1 aromatic heterocycles. The molecule has 5 nitrogen and oxygen atoms in total. The van der Waals surface area contributed by atoms with Crippen molar-refractivity contribution in [2.75, 3.05) is 5.73 Å².